The molecule has 0 atom stereocenters. The monoisotopic (exact) mass is 500 g/mol. The van der Waals surface area contributed by atoms with E-state index in [-0.39, 0.29) is 53.9 Å². The first-order valence-corrected chi connectivity index (χ1v) is 6.68. The van der Waals surface area contributed by atoms with E-state index < -0.39 is 0 Å². The molecule has 0 heterocycles. The predicted octanol–water partition coefficient (Wildman–Crippen LogP) is -5.61. The van der Waals surface area contributed by atoms with Gasteiger partial charge in [0, 0.05) is 0 Å². The first-order chi connectivity index (χ1) is 7.89. The van der Waals surface area contributed by atoms with Gasteiger partial charge < -0.3 is 62.5 Å². The summed E-state index contributed by atoms with van der Waals surface area (Å²) in [5, 5.41) is 2.27. The van der Waals surface area contributed by atoms with E-state index in [1.54, 1.807) is 0 Å². The average Bonchev–Trinajstić information content (AvgIpc) is 2.26. The van der Waals surface area contributed by atoms with E-state index >= 15 is 0 Å². The fraction of sp³-hybridized carbons (Fsp3) is 0.923. The molecule has 0 rings (SSSR count). The lowest BCUT2D eigenvalue weighted by Gasteiger charge is -2.23. The van der Waals surface area contributed by atoms with Gasteiger partial charge in [-0.3, -0.25) is 4.79 Å². The van der Waals surface area contributed by atoms with Gasteiger partial charge in [-0.05, 0) is 12.8 Å². The minimum Gasteiger partial charge on any atom is -1.00 e. The van der Waals surface area contributed by atoms with Crippen LogP contribution in [0.5, 0.6) is 0 Å². The number of quaternary nitrogens is 2. The molecule has 0 spiro atoms. The van der Waals surface area contributed by atoms with Crippen molar-refractivity contribution in [2.75, 3.05) is 40.8 Å². The van der Waals surface area contributed by atoms with Crippen molar-refractivity contribution in [3.8, 4) is 0 Å². The Morgan fingerprint density at radius 2 is 1.68 bits per heavy atom. The Hall–Kier alpha value is 0.850. The summed E-state index contributed by atoms with van der Waals surface area (Å²) >= 11 is 0. The van der Waals surface area contributed by atoms with Crippen molar-refractivity contribution >= 4 is 5.97 Å². The second-order valence-electron chi connectivity index (χ2n) is 5.59. The zero-order valence-corrected chi connectivity index (χ0v) is 17.2. The van der Waals surface area contributed by atoms with Gasteiger partial charge in [0.1, 0.15) is 13.2 Å². The Kier molecular flexibility index (Phi) is 18.1. The van der Waals surface area contributed by atoms with Gasteiger partial charge >= 0.3 is 5.97 Å². The summed E-state index contributed by atoms with van der Waals surface area (Å²) in [5.41, 5.74) is 0. The molecule has 0 bridgehead atoms. The molecule has 0 unspecified atom stereocenters. The first kappa shape index (κ1) is 24.8. The van der Waals surface area contributed by atoms with Crippen LogP contribution in [-0.4, -0.2) is 57.3 Å². The minimum absolute atomic E-state index is 0. The maximum absolute atomic E-state index is 11.4. The van der Waals surface area contributed by atoms with E-state index in [1.807, 2.05) is 0 Å². The number of nitrogens with zero attached hydrogens (tertiary/aromatic N) is 1. The van der Waals surface area contributed by atoms with Gasteiger partial charge in [-0.2, -0.15) is 0 Å². The predicted molar refractivity (Wildman–Crippen MR) is 69.6 cm³/mol. The first-order valence-electron chi connectivity index (χ1n) is 6.68. The molecule has 0 fully saturated rings. The second kappa shape index (κ2) is 13.8. The van der Waals surface area contributed by atoms with Gasteiger partial charge in [0.15, 0.2) is 0 Å². The van der Waals surface area contributed by atoms with Crippen LogP contribution in [0.2, 0.25) is 0 Å². The van der Waals surface area contributed by atoms with Crippen molar-refractivity contribution in [2.45, 2.75) is 39.2 Å². The normalized spacial score (nSPS) is 10.6. The van der Waals surface area contributed by atoms with E-state index in [4.69, 9.17) is 4.74 Å². The van der Waals surface area contributed by atoms with Gasteiger partial charge in [0.05, 0.1) is 40.2 Å². The Bertz CT molecular complexity index is 217. The van der Waals surface area contributed by atoms with Crippen molar-refractivity contribution in [3.05, 3.63) is 0 Å². The van der Waals surface area contributed by atoms with Crippen LogP contribution in [0.1, 0.15) is 33.1 Å². The van der Waals surface area contributed by atoms with E-state index in [0.717, 1.165) is 17.6 Å². The molecule has 0 radical (unpaired) electrons. The fourth-order valence-corrected chi connectivity index (χ4v) is 1.60. The Balaban J connectivity index is -0.00000128. The summed E-state index contributed by atoms with van der Waals surface area (Å²) in [7, 11) is 6.23. The van der Waals surface area contributed by atoms with Crippen LogP contribution in [0, 0.1) is 0 Å². The van der Waals surface area contributed by atoms with E-state index in [0.29, 0.717) is 19.1 Å². The van der Waals surface area contributed by atoms with Crippen LogP contribution < -0.4 is 53.3 Å². The molecule has 0 aliphatic rings. The number of ether oxygens (including phenoxy) is 1. The van der Waals surface area contributed by atoms with E-state index in [2.05, 4.69) is 40.3 Å². The molecule has 0 amide bonds. The van der Waals surface area contributed by atoms with E-state index in [9.17, 15) is 4.79 Å². The molecule has 19 heavy (non-hydrogen) atoms. The highest BCUT2D eigenvalue weighted by atomic mass is 127. The molecule has 2 N–H and O–H groups in total. The largest absolute Gasteiger partial charge is 1.00 e. The van der Waals surface area contributed by atoms with Gasteiger partial charge in [0.25, 0.3) is 0 Å². The van der Waals surface area contributed by atoms with Crippen LogP contribution in [-0.2, 0) is 9.53 Å². The Morgan fingerprint density at radius 1 is 1.16 bits per heavy atom. The molecule has 0 aromatic rings. The molecule has 0 aliphatic heterocycles. The van der Waals surface area contributed by atoms with Crippen molar-refractivity contribution < 1.29 is 67.3 Å². The van der Waals surface area contributed by atoms with Crippen LogP contribution in [0.4, 0.5) is 0 Å². The summed E-state index contributed by atoms with van der Waals surface area (Å²) in [6.07, 6.45) is 2.85. The summed E-state index contributed by atoms with van der Waals surface area (Å²) < 4.78 is 6.00. The van der Waals surface area contributed by atoms with Crippen molar-refractivity contribution in [1.82, 2.24) is 0 Å². The third-order valence-corrected chi connectivity index (χ3v) is 2.92. The SMILES string of the molecule is CCC(CC)[NH2+]CCOC(=O)CC[N+](C)(C)C.[I-].[I-]. The number of hydrogen-bond acceptors (Lipinski definition) is 2. The van der Waals surface area contributed by atoms with Crippen LogP contribution in [0.15, 0.2) is 0 Å². The number of rotatable bonds is 9. The van der Waals surface area contributed by atoms with Crippen LogP contribution >= 0.6 is 0 Å². The Morgan fingerprint density at radius 3 is 2.11 bits per heavy atom. The summed E-state index contributed by atoms with van der Waals surface area (Å²) in [6.45, 7) is 6.62. The number of halogens is 2. The smallest absolute Gasteiger partial charge is 0.311 e. The lowest BCUT2D eigenvalue weighted by molar-refractivity contribution is -0.869. The summed E-state index contributed by atoms with van der Waals surface area (Å²) in [4.78, 5) is 11.4. The fourth-order valence-electron chi connectivity index (χ4n) is 1.60. The maximum Gasteiger partial charge on any atom is 0.311 e. The van der Waals surface area contributed by atoms with Crippen molar-refractivity contribution in [2.24, 2.45) is 0 Å². The molecule has 0 aromatic carbocycles. The van der Waals surface area contributed by atoms with Gasteiger partial charge in [-0.15, -0.1) is 0 Å². The standard InChI is InChI=1S/C13H29N2O2.2HI/c1-6-12(7-2)14-9-11-17-13(16)8-10-15(3,4)5;;/h12,14H,6-11H2,1-5H3;2*1H/q+1;;/p-1. The molecule has 118 valence electrons. The third kappa shape index (κ3) is 16.8. The topological polar surface area (TPSA) is 42.9 Å². The van der Waals surface area contributed by atoms with Gasteiger partial charge in [0.2, 0.25) is 0 Å². The molecule has 0 aliphatic carbocycles. The molecule has 0 saturated heterocycles. The third-order valence-electron chi connectivity index (χ3n) is 2.92. The van der Waals surface area contributed by atoms with Gasteiger partial charge in [-0.1, -0.05) is 13.8 Å². The summed E-state index contributed by atoms with van der Waals surface area (Å²) in [5.74, 6) is -0.0732. The molecular formula is C13H30I2N2O2. The molecule has 0 saturated carbocycles. The highest BCUT2D eigenvalue weighted by Crippen LogP contribution is 1.95. The van der Waals surface area contributed by atoms with Gasteiger partial charge in [-0.25, -0.2) is 0 Å². The maximum atomic E-state index is 11.4. The number of carbonyl (C=O) groups excluding carboxylic acids is 1. The number of nitrogens with two attached hydrogens (primary N) is 1. The quantitative estimate of drug-likeness (QED) is 0.149. The average molecular weight is 500 g/mol. The zero-order chi connectivity index (χ0) is 13.3. The van der Waals surface area contributed by atoms with Crippen LogP contribution in [0.25, 0.3) is 0 Å². The molecule has 4 nitrogen and oxygen atoms in total. The molecule has 6 heteroatoms. The van der Waals surface area contributed by atoms with E-state index in [1.165, 1.54) is 12.8 Å². The van der Waals surface area contributed by atoms with Crippen LogP contribution in [0.3, 0.4) is 0 Å². The Labute approximate surface area is 152 Å². The molecular weight excluding hydrogens is 470 g/mol. The highest BCUT2D eigenvalue weighted by molar-refractivity contribution is 5.69. The van der Waals surface area contributed by atoms with Crippen molar-refractivity contribution in [1.29, 1.82) is 0 Å². The highest BCUT2D eigenvalue weighted by Gasteiger charge is 2.12. The summed E-state index contributed by atoms with van der Waals surface area (Å²) in [6, 6.07) is 0.667. The number of hydrogen-bond donors (Lipinski definition) is 1. The van der Waals surface area contributed by atoms with Crippen molar-refractivity contribution in [3.63, 3.8) is 0 Å². The number of carbonyl (C=O) groups is 1. The second-order valence-corrected chi connectivity index (χ2v) is 5.59. The lowest BCUT2D eigenvalue weighted by Crippen LogP contribution is -3.00. The lowest BCUT2D eigenvalue weighted by atomic mass is 10.2. The zero-order valence-electron chi connectivity index (χ0n) is 12.9. The molecule has 0 aromatic heterocycles. The minimum atomic E-state index is -0.0732. The number of esters is 1.